The van der Waals surface area contributed by atoms with Gasteiger partial charge in [0, 0.05) is 126 Å². The van der Waals surface area contributed by atoms with E-state index in [1.807, 2.05) is 139 Å². The molecule has 1 saturated carbocycles. The monoisotopic (exact) mass is 1540 g/mol. The lowest BCUT2D eigenvalue weighted by molar-refractivity contribution is -0.660. The summed E-state index contributed by atoms with van der Waals surface area (Å²) in [7, 11) is 8.01. The van der Waals surface area contributed by atoms with Crippen LogP contribution >= 0.6 is 0 Å². The predicted molar refractivity (Wildman–Crippen MR) is 487 cm³/mol. The first-order valence-corrected chi connectivity index (χ1v) is 40.9. The summed E-state index contributed by atoms with van der Waals surface area (Å²) in [6.45, 7) is 17.0. The second kappa shape index (κ2) is 30.6. The number of benzene rings is 12. The number of aromatic nitrogens is 4. The minimum atomic E-state index is -2.43. The molecule has 1 fully saturated rings. The van der Waals surface area contributed by atoms with E-state index < -0.39 is 36.8 Å². The SMILES string of the molecule is [2H]C([2H])([2H])C([2H])(C)c1cc[n+](C)c(-c2ccc3c(oc4ccc5ccccc5c43)c2C)c1.[2H]C([2H])(c1cc[n+](C)c(-c2ccc3c(oc4ccc5ccccc5c43)c2C)c1)C(C)(C)C.[2H]C([2H])(c1cc[n+](C)c(-c2ccc3c(oc4ccc5ccccc5c43)c2C)c1)C(C)C.[2H]C1(c2cc[n+](C)c(-c3ccc4c(oc5ccc6ccccc6c54)c3C)c2)CCCC1. The van der Waals surface area contributed by atoms with E-state index in [1.54, 1.807) is 6.07 Å². The van der Waals surface area contributed by atoms with Crippen LogP contribution in [0.3, 0.4) is 0 Å². The first kappa shape index (κ1) is 65.7. The molecule has 117 heavy (non-hydrogen) atoms. The Morgan fingerprint density at radius 1 is 0.385 bits per heavy atom. The van der Waals surface area contributed by atoms with Crippen molar-refractivity contribution in [3.05, 3.63) is 312 Å². The molecule has 21 rings (SSSR count). The lowest BCUT2D eigenvalue weighted by Crippen LogP contribution is -2.31. The molecule has 0 N–H and O–H groups in total. The van der Waals surface area contributed by atoms with Gasteiger partial charge in [-0.1, -0.05) is 183 Å². The third-order valence-electron chi connectivity index (χ3n) is 23.8. The summed E-state index contributed by atoms with van der Waals surface area (Å²) in [6, 6.07) is 82.9. The molecule has 1 aliphatic carbocycles. The van der Waals surface area contributed by atoms with Crippen LogP contribution in [0.1, 0.15) is 143 Å². The van der Waals surface area contributed by atoms with Gasteiger partial charge in [0.2, 0.25) is 22.8 Å². The summed E-state index contributed by atoms with van der Waals surface area (Å²) < 4.78 is 109. The third-order valence-corrected chi connectivity index (χ3v) is 23.8. The third kappa shape index (κ3) is 14.0. The highest BCUT2D eigenvalue weighted by atomic mass is 16.3. The number of aryl methyl sites for hydroxylation is 8. The van der Waals surface area contributed by atoms with Crippen LogP contribution in [0.5, 0.6) is 0 Å². The molecular weight excluding hydrogens is 1430 g/mol. The molecule has 1 unspecified atom stereocenters. The molecule has 8 heterocycles. The molecule has 8 heteroatoms. The average Bonchev–Trinajstić information content (AvgIpc) is 1.57. The highest BCUT2D eigenvalue weighted by Crippen LogP contribution is 2.45. The number of nitrogens with zero attached hydrogens (tertiary/aromatic N) is 4. The maximum absolute atomic E-state index is 8.96. The van der Waals surface area contributed by atoms with Crippen LogP contribution in [-0.4, -0.2) is 0 Å². The van der Waals surface area contributed by atoms with Gasteiger partial charge in [-0.05, 0) is 215 Å². The molecule has 1 atom stereocenters. The lowest BCUT2D eigenvalue weighted by atomic mass is 9.88. The van der Waals surface area contributed by atoms with E-state index in [4.69, 9.17) is 30.0 Å². The van der Waals surface area contributed by atoms with Crippen molar-refractivity contribution in [1.82, 2.24) is 0 Å². The maximum atomic E-state index is 8.96. The van der Waals surface area contributed by atoms with E-state index in [2.05, 4.69) is 231 Å². The van der Waals surface area contributed by atoms with Gasteiger partial charge >= 0.3 is 0 Å². The minimum Gasteiger partial charge on any atom is -0.456 e. The normalized spacial score (nSPS) is 15.1. The molecule has 0 spiro atoms. The highest BCUT2D eigenvalue weighted by molar-refractivity contribution is 6.23. The van der Waals surface area contributed by atoms with Gasteiger partial charge in [-0.25, -0.2) is 18.3 Å². The zero-order valence-corrected chi connectivity index (χ0v) is 69.2. The topological polar surface area (TPSA) is 68.1 Å². The molecule has 0 bridgehead atoms. The highest BCUT2D eigenvalue weighted by Gasteiger charge is 2.28. The summed E-state index contributed by atoms with van der Waals surface area (Å²) in [4.78, 5) is 0. The number of pyridine rings is 4. The molecule has 0 saturated heterocycles. The van der Waals surface area contributed by atoms with Crippen LogP contribution in [0.15, 0.2) is 285 Å². The van der Waals surface area contributed by atoms with E-state index in [0.717, 1.165) is 175 Å². The van der Waals surface area contributed by atoms with E-state index in [9.17, 15) is 0 Å². The number of rotatable bonds is 9. The molecular formula is C109H104N4O4+4. The fourth-order valence-electron chi connectivity index (χ4n) is 17.9. The Kier molecular flexibility index (Phi) is 17.2. The van der Waals surface area contributed by atoms with Gasteiger partial charge < -0.3 is 17.7 Å². The Hall–Kier alpha value is -12.5. The van der Waals surface area contributed by atoms with Crippen LogP contribution in [0.2, 0.25) is 0 Å². The van der Waals surface area contributed by atoms with Crippen molar-refractivity contribution < 1.29 is 48.3 Å². The second-order valence-electron chi connectivity index (χ2n) is 33.3. The Bertz CT molecular complexity index is 7340. The van der Waals surface area contributed by atoms with Crippen molar-refractivity contribution in [3.63, 3.8) is 0 Å². The van der Waals surface area contributed by atoms with E-state index >= 15 is 0 Å². The summed E-state index contributed by atoms with van der Waals surface area (Å²) in [5.41, 5.74) is 22.0. The first-order chi connectivity index (χ1) is 60.0. The van der Waals surface area contributed by atoms with Crippen LogP contribution < -0.4 is 18.3 Å². The molecule has 20 aromatic rings. The van der Waals surface area contributed by atoms with Gasteiger partial charge in [-0.2, -0.15) is 0 Å². The minimum absolute atomic E-state index is 0.111. The summed E-state index contributed by atoms with van der Waals surface area (Å²) in [6.07, 6.45) is 9.18. The zero-order chi connectivity index (χ0) is 88.8. The number of hydrogen-bond donors (Lipinski definition) is 0. The van der Waals surface area contributed by atoms with Crippen molar-refractivity contribution in [2.24, 2.45) is 39.5 Å². The van der Waals surface area contributed by atoms with Gasteiger partial charge in [0.25, 0.3) is 0 Å². The maximum Gasteiger partial charge on any atom is 0.212 e. The number of furan rings is 4. The average molecular weight is 1540 g/mol. The molecule has 12 aromatic carbocycles. The molecule has 8 nitrogen and oxygen atoms in total. The van der Waals surface area contributed by atoms with Crippen LogP contribution in [0.4, 0.5) is 0 Å². The molecule has 0 radical (unpaired) electrons. The Morgan fingerprint density at radius 2 is 0.709 bits per heavy atom. The summed E-state index contributed by atoms with van der Waals surface area (Å²) in [5.74, 6) is -2.26. The van der Waals surface area contributed by atoms with Gasteiger partial charge in [-0.15, -0.1) is 0 Å². The van der Waals surface area contributed by atoms with Crippen molar-refractivity contribution >= 4 is 131 Å². The second-order valence-corrected chi connectivity index (χ2v) is 33.3. The van der Waals surface area contributed by atoms with Crippen LogP contribution in [-0.2, 0) is 40.9 Å². The van der Waals surface area contributed by atoms with Gasteiger partial charge in [0.1, 0.15) is 72.9 Å². The molecule has 8 aromatic heterocycles. The van der Waals surface area contributed by atoms with E-state index in [1.165, 1.54) is 61.0 Å². The smallest absolute Gasteiger partial charge is 0.212 e. The van der Waals surface area contributed by atoms with Crippen molar-refractivity contribution in [3.8, 4) is 45.0 Å². The van der Waals surface area contributed by atoms with Crippen LogP contribution in [0, 0.1) is 39.0 Å². The van der Waals surface area contributed by atoms with Gasteiger partial charge in [-0.3, -0.25) is 0 Å². The van der Waals surface area contributed by atoms with Gasteiger partial charge in [0.05, 0.1) is 22.3 Å². The predicted octanol–water partition coefficient (Wildman–Crippen LogP) is 27.7. The fraction of sp³-hybridized carbons (Fsp3) is 0.229. The number of hydrogen-bond acceptors (Lipinski definition) is 4. The Labute approximate surface area is 698 Å². The molecule has 0 amide bonds. The Balaban J connectivity index is 0.000000114. The van der Waals surface area contributed by atoms with E-state index in [0.29, 0.717) is 16.7 Å². The fourth-order valence-corrected chi connectivity index (χ4v) is 17.9. The quantitative estimate of drug-likeness (QED) is 0.135. The summed E-state index contributed by atoms with van der Waals surface area (Å²) in [5, 5.41) is 18.6. The first-order valence-electron chi connectivity index (χ1n) is 45.4. The van der Waals surface area contributed by atoms with E-state index in [-0.39, 0.29) is 5.92 Å². The summed E-state index contributed by atoms with van der Waals surface area (Å²) >= 11 is 0. The zero-order valence-electron chi connectivity index (χ0n) is 78.2. The van der Waals surface area contributed by atoms with Gasteiger partial charge in [0.15, 0.2) is 24.8 Å². The Morgan fingerprint density at radius 3 is 1.07 bits per heavy atom. The van der Waals surface area contributed by atoms with Crippen molar-refractivity contribution in [2.45, 2.75) is 126 Å². The van der Waals surface area contributed by atoms with Crippen molar-refractivity contribution in [2.75, 3.05) is 0 Å². The molecule has 580 valence electrons. The largest absolute Gasteiger partial charge is 0.456 e. The lowest BCUT2D eigenvalue weighted by Gasteiger charge is -2.18. The standard InChI is InChI=1S/C28H26NO.C28H28NO.C27H26NO.C26H24NO/c1-18-22(25-17-21(15-16-29(25)2)19-7-3-4-8-19)12-13-24-27-23-10-6-5-9-20(23)11-14-26(27)30-28(18)24;1-18-21(24-16-19(14-15-29(24)5)17-28(2,3)4)11-12-23-26-22-9-7-6-8-20(22)10-13-25(26)30-27(18)23;1-17(2)15-19-13-14-28(4)24(16-19)21-10-11-23-26-22-8-6-5-7-20(22)9-12-25(26)29-27(23)18(21)3;1-16(2)19-13-14-27(4)23(15-19)20-10-11-22-25-21-8-6-5-7-18(21)9-12-24(25)28-26(22)17(20)3/h5-6,9-17,19H,3-4,7-8H2,1-2H3;6-16H,17H2,1-5H3;5-14,16-17H,15H2,1-4H3;5-16H,1-4H3/q4*+1/i19D;17D2;15D2;1D3,16D. The van der Waals surface area contributed by atoms with Crippen LogP contribution in [0.25, 0.3) is 176 Å². The number of fused-ring (bicyclic) bond motifs is 20. The molecule has 1 aliphatic rings. The molecule has 0 aliphatic heterocycles. The van der Waals surface area contributed by atoms with Crippen molar-refractivity contribution in [1.29, 1.82) is 0 Å².